The summed E-state index contributed by atoms with van der Waals surface area (Å²) in [5.41, 5.74) is 0. The highest BCUT2D eigenvalue weighted by atomic mass is 16.2. The summed E-state index contributed by atoms with van der Waals surface area (Å²) in [7, 11) is 0. The van der Waals surface area contributed by atoms with Crippen LogP contribution >= 0.6 is 0 Å². The summed E-state index contributed by atoms with van der Waals surface area (Å²) in [4.78, 5) is 14.1. The molecule has 0 aromatic heterocycles. The first-order valence-electron chi connectivity index (χ1n) is 8.53. The predicted octanol–water partition coefficient (Wildman–Crippen LogP) is 4.14. The maximum absolute atomic E-state index is 11.8. The molecule has 2 bridgehead atoms. The maximum atomic E-state index is 11.8. The number of carbonyl (C=O) groups is 1. The van der Waals surface area contributed by atoms with Crippen molar-refractivity contribution in [3.8, 4) is 0 Å². The van der Waals surface area contributed by atoms with Crippen molar-refractivity contribution in [3.63, 3.8) is 0 Å². The van der Waals surface area contributed by atoms with Crippen molar-refractivity contribution >= 4 is 5.91 Å². The molecule has 0 aromatic carbocycles. The third-order valence-electron chi connectivity index (χ3n) is 5.83. The third kappa shape index (κ3) is 2.98. The quantitative estimate of drug-likeness (QED) is 0.733. The van der Waals surface area contributed by atoms with Gasteiger partial charge in [0.05, 0.1) is 0 Å². The molecule has 0 spiro atoms. The summed E-state index contributed by atoms with van der Waals surface area (Å²) in [6.45, 7) is 1.77. The molecule has 2 heteroatoms. The summed E-state index contributed by atoms with van der Waals surface area (Å²) in [6, 6.07) is 1.16. The Balaban J connectivity index is 1.59. The van der Waals surface area contributed by atoms with Crippen LogP contribution in [0.5, 0.6) is 0 Å². The zero-order valence-corrected chi connectivity index (χ0v) is 12.4. The van der Waals surface area contributed by atoms with Crippen LogP contribution in [-0.4, -0.2) is 22.9 Å². The van der Waals surface area contributed by atoms with Crippen molar-refractivity contribution in [2.75, 3.05) is 0 Å². The van der Waals surface area contributed by atoms with Crippen LogP contribution in [0.2, 0.25) is 0 Å². The van der Waals surface area contributed by atoms with Crippen molar-refractivity contribution in [1.82, 2.24) is 4.90 Å². The molecule has 1 aliphatic carbocycles. The lowest BCUT2D eigenvalue weighted by molar-refractivity contribution is -0.139. The molecule has 1 saturated carbocycles. The minimum Gasteiger partial charge on any atom is -0.337 e. The van der Waals surface area contributed by atoms with Crippen molar-refractivity contribution in [3.05, 3.63) is 0 Å². The second-order valence-corrected chi connectivity index (χ2v) is 7.24. The summed E-state index contributed by atoms with van der Waals surface area (Å²) in [6.07, 6.45) is 15.3. The van der Waals surface area contributed by atoms with E-state index in [1.54, 1.807) is 6.92 Å². The number of piperidine rings is 2. The Labute approximate surface area is 117 Å². The van der Waals surface area contributed by atoms with E-state index in [1.807, 2.05) is 0 Å². The van der Waals surface area contributed by atoms with Crippen LogP contribution in [0.4, 0.5) is 0 Å². The molecule has 0 N–H and O–H groups in total. The number of hydrogen-bond acceptors (Lipinski definition) is 1. The van der Waals surface area contributed by atoms with Gasteiger partial charge in [-0.2, -0.15) is 0 Å². The molecule has 0 aromatic rings. The Morgan fingerprint density at radius 2 is 1.53 bits per heavy atom. The van der Waals surface area contributed by atoms with Crippen LogP contribution in [-0.2, 0) is 4.79 Å². The van der Waals surface area contributed by atoms with Crippen LogP contribution in [0.3, 0.4) is 0 Å². The molecular formula is C17H29NO. The molecule has 3 aliphatic rings. The van der Waals surface area contributed by atoms with Crippen LogP contribution in [0.15, 0.2) is 0 Å². The van der Waals surface area contributed by atoms with Crippen LogP contribution in [0, 0.1) is 11.8 Å². The zero-order chi connectivity index (χ0) is 13.2. The number of rotatable bonds is 2. The van der Waals surface area contributed by atoms with Gasteiger partial charge in [-0.05, 0) is 50.4 Å². The molecule has 3 rings (SSSR count). The molecule has 2 nitrogen and oxygen atoms in total. The first kappa shape index (κ1) is 13.5. The SMILES string of the molecule is CC(=O)N1C2CCCC1CC(CC1CCCCC1)C2. The second kappa shape index (κ2) is 5.85. The molecule has 2 saturated heterocycles. The lowest BCUT2D eigenvalue weighted by atomic mass is 9.73. The van der Waals surface area contributed by atoms with Gasteiger partial charge in [-0.1, -0.05) is 32.1 Å². The first-order valence-corrected chi connectivity index (χ1v) is 8.53. The maximum Gasteiger partial charge on any atom is 0.219 e. The van der Waals surface area contributed by atoms with E-state index in [1.165, 1.54) is 70.6 Å². The average molecular weight is 263 g/mol. The number of nitrogens with zero attached hydrogens (tertiary/aromatic N) is 1. The van der Waals surface area contributed by atoms with Gasteiger partial charge >= 0.3 is 0 Å². The van der Waals surface area contributed by atoms with Gasteiger partial charge in [-0.25, -0.2) is 0 Å². The molecule has 2 heterocycles. The van der Waals surface area contributed by atoms with Crippen molar-refractivity contribution in [2.24, 2.45) is 11.8 Å². The Kier molecular flexibility index (Phi) is 4.14. The Morgan fingerprint density at radius 3 is 2.11 bits per heavy atom. The lowest BCUT2D eigenvalue weighted by Crippen LogP contribution is -2.54. The minimum atomic E-state index is 0.325. The van der Waals surface area contributed by atoms with Gasteiger partial charge in [0.1, 0.15) is 0 Å². The zero-order valence-electron chi connectivity index (χ0n) is 12.4. The summed E-state index contributed by atoms with van der Waals surface area (Å²) in [5.74, 6) is 2.24. The fourth-order valence-electron chi connectivity index (χ4n) is 5.09. The van der Waals surface area contributed by atoms with Crippen molar-refractivity contribution in [1.29, 1.82) is 0 Å². The van der Waals surface area contributed by atoms with E-state index < -0.39 is 0 Å². The van der Waals surface area contributed by atoms with Gasteiger partial charge in [0.25, 0.3) is 0 Å². The van der Waals surface area contributed by atoms with Gasteiger partial charge in [0, 0.05) is 19.0 Å². The van der Waals surface area contributed by atoms with Crippen LogP contribution < -0.4 is 0 Å². The molecule has 3 fully saturated rings. The summed E-state index contributed by atoms with van der Waals surface area (Å²) in [5, 5.41) is 0. The predicted molar refractivity (Wildman–Crippen MR) is 77.9 cm³/mol. The highest BCUT2D eigenvalue weighted by Gasteiger charge is 2.39. The first-order chi connectivity index (χ1) is 9.24. The van der Waals surface area contributed by atoms with Crippen LogP contribution in [0.25, 0.3) is 0 Å². The van der Waals surface area contributed by atoms with E-state index in [2.05, 4.69) is 4.90 Å². The summed E-state index contributed by atoms with van der Waals surface area (Å²) < 4.78 is 0. The van der Waals surface area contributed by atoms with E-state index >= 15 is 0 Å². The van der Waals surface area contributed by atoms with Gasteiger partial charge in [-0.3, -0.25) is 4.79 Å². The second-order valence-electron chi connectivity index (χ2n) is 7.24. The van der Waals surface area contributed by atoms with Gasteiger partial charge in [-0.15, -0.1) is 0 Å². The van der Waals surface area contributed by atoms with E-state index in [0.29, 0.717) is 18.0 Å². The van der Waals surface area contributed by atoms with Crippen LogP contribution in [0.1, 0.15) is 77.6 Å². The number of amides is 1. The molecule has 2 atom stereocenters. The third-order valence-corrected chi connectivity index (χ3v) is 5.83. The van der Waals surface area contributed by atoms with E-state index in [-0.39, 0.29) is 0 Å². The Bertz CT molecular complexity index is 307. The smallest absolute Gasteiger partial charge is 0.219 e. The topological polar surface area (TPSA) is 20.3 Å². The molecule has 0 radical (unpaired) electrons. The molecular weight excluding hydrogens is 234 g/mol. The largest absolute Gasteiger partial charge is 0.337 e. The standard InChI is InChI=1S/C17H29NO/c1-13(19)18-16-8-5-9-17(18)12-15(11-16)10-14-6-3-2-4-7-14/h14-17H,2-12H2,1H3. The minimum absolute atomic E-state index is 0.325. The monoisotopic (exact) mass is 263 g/mol. The van der Waals surface area contributed by atoms with Gasteiger partial charge in [0.15, 0.2) is 0 Å². The highest BCUT2D eigenvalue weighted by molar-refractivity contribution is 5.74. The van der Waals surface area contributed by atoms with E-state index in [0.717, 1.165) is 11.8 Å². The van der Waals surface area contributed by atoms with Crippen molar-refractivity contribution in [2.45, 2.75) is 89.6 Å². The number of carbonyl (C=O) groups excluding carboxylic acids is 1. The molecule has 1 amide bonds. The molecule has 2 aliphatic heterocycles. The molecule has 108 valence electrons. The number of hydrogen-bond donors (Lipinski definition) is 0. The fourth-order valence-corrected chi connectivity index (χ4v) is 5.09. The molecule has 19 heavy (non-hydrogen) atoms. The normalized spacial score (nSPS) is 36.3. The number of fused-ring (bicyclic) bond motifs is 2. The Hall–Kier alpha value is -0.530. The lowest BCUT2D eigenvalue weighted by Gasteiger charge is -2.49. The Morgan fingerprint density at radius 1 is 0.895 bits per heavy atom. The average Bonchev–Trinajstić information content (AvgIpc) is 2.38. The highest BCUT2D eigenvalue weighted by Crippen LogP contribution is 2.41. The van der Waals surface area contributed by atoms with Crippen molar-refractivity contribution < 1.29 is 4.79 Å². The summed E-state index contributed by atoms with van der Waals surface area (Å²) >= 11 is 0. The van der Waals surface area contributed by atoms with E-state index in [4.69, 9.17) is 0 Å². The van der Waals surface area contributed by atoms with E-state index in [9.17, 15) is 4.79 Å². The van der Waals surface area contributed by atoms with Gasteiger partial charge < -0.3 is 4.90 Å². The molecule has 2 unspecified atom stereocenters. The fraction of sp³-hybridized carbons (Fsp3) is 0.941. The van der Waals surface area contributed by atoms with Gasteiger partial charge in [0.2, 0.25) is 5.91 Å².